The molecule has 2 N–H and O–H groups in total. The van der Waals surface area contributed by atoms with E-state index in [0.717, 1.165) is 0 Å². The Labute approximate surface area is 104 Å². The second-order valence-electron chi connectivity index (χ2n) is 4.76. The van der Waals surface area contributed by atoms with E-state index in [1.807, 2.05) is 0 Å². The van der Waals surface area contributed by atoms with Crippen molar-refractivity contribution in [2.24, 2.45) is 5.92 Å². The van der Waals surface area contributed by atoms with Gasteiger partial charge in [0.25, 0.3) is 0 Å². The van der Waals surface area contributed by atoms with Crippen molar-refractivity contribution in [2.75, 3.05) is 5.73 Å². The van der Waals surface area contributed by atoms with Gasteiger partial charge >= 0.3 is 0 Å². The number of nitrogens with zero attached hydrogens (tertiary/aromatic N) is 4. The maximum Gasteiger partial charge on any atom is 0.185 e. The zero-order chi connectivity index (χ0) is 12.7. The Kier molecular flexibility index (Phi) is 2.50. The lowest BCUT2D eigenvalue weighted by Gasteiger charge is -2.12. The largest absolute Gasteiger partial charge is 0.399 e. The lowest BCUT2D eigenvalue weighted by Crippen LogP contribution is -2.11. The van der Waals surface area contributed by atoms with Crippen molar-refractivity contribution in [2.45, 2.75) is 25.8 Å². The topological polar surface area (TPSA) is 69.6 Å². The Morgan fingerprint density at radius 3 is 2.89 bits per heavy atom. The van der Waals surface area contributed by atoms with E-state index in [4.69, 9.17) is 5.73 Å². The summed E-state index contributed by atoms with van der Waals surface area (Å²) in [6.07, 6.45) is 2.37. The SMILES string of the molecule is CC(C1CC1)n1nnnc1-c1ccc(N)cc1F. The van der Waals surface area contributed by atoms with Gasteiger partial charge in [-0.05, 0) is 54.3 Å². The van der Waals surface area contributed by atoms with Crippen LogP contribution in [-0.4, -0.2) is 20.2 Å². The molecule has 1 aromatic carbocycles. The van der Waals surface area contributed by atoms with Crippen LogP contribution in [-0.2, 0) is 0 Å². The molecule has 3 rings (SSSR count). The molecule has 1 unspecified atom stereocenters. The fourth-order valence-electron chi connectivity index (χ4n) is 2.14. The minimum atomic E-state index is -0.394. The Bertz CT molecular complexity index is 576. The van der Waals surface area contributed by atoms with Crippen LogP contribution in [0.15, 0.2) is 18.2 Å². The summed E-state index contributed by atoms with van der Waals surface area (Å²) >= 11 is 0. The average molecular weight is 247 g/mol. The molecule has 2 aromatic rings. The molecule has 0 amide bonds. The molecule has 1 aliphatic rings. The smallest absolute Gasteiger partial charge is 0.185 e. The first-order valence-corrected chi connectivity index (χ1v) is 6.00. The lowest BCUT2D eigenvalue weighted by atomic mass is 10.1. The third-order valence-corrected chi connectivity index (χ3v) is 3.42. The van der Waals surface area contributed by atoms with Crippen molar-refractivity contribution >= 4 is 5.69 Å². The monoisotopic (exact) mass is 247 g/mol. The first-order valence-electron chi connectivity index (χ1n) is 6.00. The molecule has 0 aliphatic heterocycles. The molecule has 0 spiro atoms. The summed E-state index contributed by atoms with van der Waals surface area (Å²) in [5.41, 5.74) is 6.32. The molecule has 1 heterocycles. The maximum absolute atomic E-state index is 13.9. The molecule has 5 nitrogen and oxygen atoms in total. The number of nitrogens with two attached hydrogens (primary N) is 1. The van der Waals surface area contributed by atoms with Gasteiger partial charge in [0.1, 0.15) is 5.82 Å². The highest BCUT2D eigenvalue weighted by molar-refractivity contribution is 5.59. The van der Waals surface area contributed by atoms with Crippen molar-refractivity contribution in [3.05, 3.63) is 24.0 Å². The molecule has 0 bridgehead atoms. The Hall–Kier alpha value is -1.98. The molecule has 0 saturated heterocycles. The fourth-order valence-corrected chi connectivity index (χ4v) is 2.14. The Balaban J connectivity index is 2.03. The summed E-state index contributed by atoms with van der Waals surface area (Å²) in [4.78, 5) is 0. The van der Waals surface area contributed by atoms with Crippen LogP contribution in [0.25, 0.3) is 11.4 Å². The van der Waals surface area contributed by atoms with Crippen LogP contribution in [0.3, 0.4) is 0 Å². The van der Waals surface area contributed by atoms with Crippen LogP contribution in [0.1, 0.15) is 25.8 Å². The predicted molar refractivity (Wildman–Crippen MR) is 65.1 cm³/mol. The molecule has 6 heteroatoms. The molecule has 1 aliphatic carbocycles. The van der Waals surface area contributed by atoms with Crippen LogP contribution in [0, 0.1) is 11.7 Å². The number of halogens is 1. The van der Waals surface area contributed by atoms with E-state index in [-0.39, 0.29) is 6.04 Å². The summed E-state index contributed by atoms with van der Waals surface area (Å²) in [6, 6.07) is 4.76. The molecular formula is C12H14FN5. The highest BCUT2D eigenvalue weighted by Gasteiger charge is 2.32. The van der Waals surface area contributed by atoms with Gasteiger partial charge in [0.05, 0.1) is 11.6 Å². The number of nitrogen functional groups attached to an aromatic ring is 1. The summed E-state index contributed by atoms with van der Waals surface area (Å²) in [7, 11) is 0. The summed E-state index contributed by atoms with van der Waals surface area (Å²) < 4.78 is 15.6. The number of hydrogen-bond donors (Lipinski definition) is 1. The van der Waals surface area contributed by atoms with Gasteiger partial charge in [-0.2, -0.15) is 0 Å². The first kappa shape index (κ1) is 11.1. The van der Waals surface area contributed by atoms with Crippen molar-refractivity contribution in [3.63, 3.8) is 0 Å². The van der Waals surface area contributed by atoms with Crippen LogP contribution in [0.5, 0.6) is 0 Å². The molecule has 1 saturated carbocycles. The number of aromatic nitrogens is 4. The maximum atomic E-state index is 13.9. The number of rotatable bonds is 3. The summed E-state index contributed by atoms with van der Waals surface area (Å²) in [6.45, 7) is 2.06. The van der Waals surface area contributed by atoms with Crippen LogP contribution in [0.4, 0.5) is 10.1 Å². The number of benzene rings is 1. The van der Waals surface area contributed by atoms with Gasteiger partial charge in [0.15, 0.2) is 5.82 Å². The highest BCUT2D eigenvalue weighted by Crippen LogP contribution is 2.40. The number of anilines is 1. The summed E-state index contributed by atoms with van der Waals surface area (Å²) in [5, 5.41) is 11.6. The van der Waals surface area contributed by atoms with E-state index < -0.39 is 5.82 Å². The van der Waals surface area contributed by atoms with Crippen molar-refractivity contribution in [3.8, 4) is 11.4 Å². The molecule has 1 fully saturated rings. The molecule has 1 aromatic heterocycles. The number of tetrazole rings is 1. The van der Waals surface area contributed by atoms with Crippen LogP contribution >= 0.6 is 0 Å². The van der Waals surface area contributed by atoms with E-state index in [0.29, 0.717) is 23.0 Å². The van der Waals surface area contributed by atoms with Crippen molar-refractivity contribution < 1.29 is 4.39 Å². The zero-order valence-corrected chi connectivity index (χ0v) is 10.0. The van der Waals surface area contributed by atoms with E-state index in [9.17, 15) is 4.39 Å². The van der Waals surface area contributed by atoms with Gasteiger partial charge in [-0.1, -0.05) is 0 Å². The second-order valence-corrected chi connectivity index (χ2v) is 4.76. The van der Waals surface area contributed by atoms with E-state index in [2.05, 4.69) is 22.4 Å². The predicted octanol–water partition coefficient (Wildman–Crippen LogP) is 2.03. The molecular weight excluding hydrogens is 233 g/mol. The third-order valence-electron chi connectivity index (χ3n) is 3.42. The van der Waals surface area contributed by atoms with Gasteiger partial charge in [0.2, 0.25) is 0 Å². The first-order chi connectivity index (χ1) is 8.66. The molecule has 94 valence electrons. The normalized spacial score (nSPS) is 16.8. The minimum absolute atomic E-state index is 0.201. The highest BCUT2D eigenvalue weighted by atomic mass is 19.1. The van der Waals surface area contributed by atoms with Gasteiger partial charge in [-0.3, -0.25) is 0 Å². The molecule has 0 radical (unpaired) electrons. The minimum Gasteiger partial charge on any atom is -0.399 e. The Morgan fingerprint density at radius 2 is 2.22 bits per heavy atom. The fraction of sp³-hybridized carbons (Fsp3) is 0.417. The zero-order valence-electron chi connectivity index (χ0n) is 10.0. The van der Waals surface area contributed by atoms with Crippen molar-refractivity contribution in [1.29, 1.82) is 0 Å². The van der Waals surface area contributed by atoms with Gasteiger partial charge in [0, 0.05) is 5.69 Å². The quantitative estimate of drug-likeness (QED) is 0.842. The standard InChI is InChI=1S/C12H14FN5/c1-7(8-2-3-8)18-12(15-16-17-18)10-5-4-9(14)6-11(10)13/h4-8H,2-3,14H2,1H3. The van der Waals surface area contributed by atoms with Gasteiger partial charge in [-0.25, -0.2) is 9.07 Å². The molecule has 1 atom stereocenters. The lowest BCUT2D eigenvalue weighted by molar-refractivity contribution is 0.432. The van der Waals surface area contributed by atoms with E-state index >= 15 is 0 Å². The van der Waals surface area contributed by atoms with Crippen molar-refractivity contribution in [1.82, 2.24) is 20.2 Å². The molecule has 18 heavy (non-hydrogen) atoms. The number of hydrogen-bond acceptors (Lipinski definition) is 4. The summed E-state index contributed by atoms with van der Waals surface area (Å²) in [5.74, 6) is 0.671. The van der Waals surface area contributed by atoms with E-state index in [1.54, 1.807) is 16.8 Å². The third kappa shape index (κ3) is 1.83. The van der Waals surface area contributed by atoms with Gasteiger partial charge in [-0.15, -0.1) is 5.10 Å². The second kappa shape index (κ2) is 4.04. The average Bonchev–Trinajstić information content (AvgIpc) is 3.07. The Morgan fingerprint density at radius 1 is 1.44 bits per heavy atom. The van der Waals surface area contributed by atoms with E-state index in [1.165, 1.54) is 18.9 Å². The van der Waals surface area contributed by atoms with Crippen LogP contribution < -0.4 is 5.73 Å². The van der Waals surface area contributed by atoms with Crippen LogP contribution in [0.2, 0.25) is 0 Å². The van der Waals surface area contributed by atoms with Gasteiger partial charge < -0.3 is 5.73 Å².